The lowest BCUT2D eigenvalue weighted by Crippen LogP contribution is -2.54. The summed E-state index contributed by atoms with van der Waals surface area (Å²) in [5, 5.41) is 16.4. The number of alkyl halides is 6. The lowest BCUT2D eigenvalue weighted by molar-refractivity contribution is -0.193. The number of piperidine rings is 1. The van der Waals surface area contributed by atoms with Crippen molar-refractivity contribution in [3.8, 4) is 0 Å². The molecule has 2 aromatic rings. The molecule has 0 radical (unpaired) electrons. The van der Waals surface area contributed by atoms with Crippen molar-refractivity contribution in [1.29, 1.82) is 0 Å². The van der Waals surface area contributed by atoms with Gasteiger partial charge in [-0.1, -0.05) is 36.4 Å². The van der Waals surface area contributed by atoms with Crippen LogP contribution in [0.3, 0.4) is 0 Å². The van der Waals surface area contributed by atoms with E-state index in [1.165, 1.54) is 37.4 Å². The van der Waals surface area contributed by atoms with Crippen molar-refractivity contribution < 1.29 is 46.1 Å². The van der Waals surface area contributed by atoms with Crippen LogP contribution in [0.5, 0.6) is 0 Å². The van der Waals surface area contributed by atoms with Crippen LogP contribution in [-0.2, 0) is 21.5 Å². The third kappa shape index (κ3) is 7.93. The van der Waals surface area contributed by atoms with E-state index in [9.17, 15) is 26.3 Å². The molecule has 0 saturated carbocycles. The standard InChI is InChI=1S/C19H24N2S.2C2HF3O2/c1-20-11-9-19(16-6-3-2-4-7-16)10-12-21(15-18(19)20)14-17-8-5-13-22-17;2*3-2(4,5)1(6)7/h2-8,13,18H,9-12,14-15H2,1H3;2*(H,6,7). The second kappa shape index (κ2) is 12.1. The van der Waals surface area contributed by atoms with Gasteiger partial charge in [-0.2, -0.15) is 26.3 Å². The van der Waals surface area contributed by atoms with E-state index in [4.69, 9.17) is 19.8 Å². The molecule has 3 heterocycles. The Morgan fingerprint density at radius 2 is 1.47 bits per heavy atom. The average Bonchev–Trinajstić information content (AvgIpc) is 3.43. The molecule has 1 aromatic heterocycles. The molecular weight excluding hydrogens is 514 g/mol. The first-order valence-corrected chi connectivity index (χ1v) is 11.7. The number of fused-ring (bicyclic) bond motifs is 1. The molecule has 2 atom stereocenters. The lowest BCUT2D eigenvalue weighted by Gasteiger charge is -2.46. The number of benzene rings is 1. The molecule has 13 heteroatoms. The molecule has 2 aliphatic rings. The van der Waals surface area contributed by atoms with Crippen LogP contribution in [-0.4, -0.2) is 77.0 Å². The molecule has 200 valence electrons. The highest BCUT2D eigenvalue weighted by molar-refractivity contribution is 7.09. The first-order valence-electron chi connectivity index (χ1n) is 10.8. The van der Waals surface area contributed by atoms with Gasteiger partial charge in [0, 0.05) is 29.4 Å². The summed E-state index contributed by atoms with van der Waals surface area (Å²) < 4.78 is 63.5. The molecule has 4 rings (SSSR count). The van der Waals surface area contributed by atoms with E-state index in [0.717, 1.165) is 6.54 Å². The topological polar surface area (TPSA) is 81.1 Å². The minimum Gasteiger partial charge on any atom is -0.475 e. The molecule has 2 saturated heterocycles. The van der Waals surface area contributed by atoms with Crippen molar-refractivity contribution in [1.82, 2.24) is 9.80 Å². The van der Waals surface area contributed by atoms with Gasteiger partial charge in [-0.05, 0) is 50.0 Å². The van der Waals surface area contributed by atoms with Gasteiger partial charge in [0.15, 0.2) is 0 Å². The van der Waals surface area contributed by atoms with Crippen LogP contribution < -0.4 is 0 Å². The summed E-state index contributed by atoms with van der Waals surface area (Å²) in [6.45, 7) is 4.76. The Labute approximate surface area is 207 Å². The molecule has 0 spiro atoms. The van der Waals surface area contributed by atoms with Crippen molar-refractivity contribution in [2.45, 2.75) is 43.2 Å². The van der Waals surface area contributed by atoms with E-state index >= 15 is 0 Å². The second-order valence-electron chi connectivity index (χ2n) is 8.44. The molecule has 2 fully saturated rings. The second-order valence-corrected chi connectivity index (χ2v) is 9.47. The van der Waals surface area contributed by atoms with Crippen LogP contribution in [0.15, 0.2) is 47.8 Å². The van der Waals surface area contributed by atoms with E-state index in [1.54, 1.807) is 5.56 Å². The van der Waals surface area contributed by atoms with Crippen LogP contribution in [0.25, 0.3) is 0 Å². The van der Waals surface area contributed by atoms with Crippen molar-refractivity contribution >= 4 is 23.3 Å². The Bertz CT molecular complexity index is 961. The van der Waals surface area contributed by atoms with E-state index in [-0.39, 0.29) is 0 Å². The summed E-state index contributed by atoms with van der Waals surface area (Å²) in [6.07, 6.45) is -7.57. The Kier molecular flexibility index (Phi) is 9.92. The zero-order valence-corrected chi connectivity index (χ0v) is 20.0. The minimum absolute atomic E-state index is 0.377. The molecular formula is C23H26F6N2O4S. The quantitative estimate of drug-likeness (QED) is 0.542. The largest absolute Gasteiger partial charge is 0.490 e. The van der Waals surface area contributed by atoms with Crippen LogP contribution in [0.4, 0.5) is 26.3 Å². The highest BCUT2D eigenvalue weighted by Gasteiger charge is 2.49. The van der Waals surface area contributed by atoms with Gasteiger partial charge in [-0.15, -0.1) is 11.3 Å². The van der Waals surface area contributed by atoms with Crippen molar-refractivity contribution in [2.75, 3.05) is 26.7 Å². The Morgan fingerprint density at radius 3 is 1.94 bits per heavy atom. The average molecular weight is 541 g/mol. The van der Waals surface area contributed by atoms with Crippen LogP contribution in [0.2, 0.25) is 0 Å². The van der Waals surface area contributed by atoms with Gasteiger partial charge in [0.2, 0.25) is 0 Å². The maximum Gasteiger partial charge on any atom is 0.490 e. The molecule has 2 aliphatic heterocycles. The number of carbonyl (C=O) groups is 2. The van der Waals surface area contributed by atoms with E-state index in [1.807, 2.05) is 11.3 Å². The van der Waals surface area contributed by atoms with Gasteiger partial charge < -0.3 is 15.1 Å². The van der Waals surface area contributed by atoms with Gasteiger partial charge in [0.05, 0.1) is 0 Å². The molecule has 0 bridgehead atoms. The first kappa shape index (κ1) is 29.6. The molecule has 6 nitrogen and oxygen atoms in total. The fraction of sp³-hybridized carbons (Fsp3) is 0.478. The molecule has 36 heavy (non-hydrogen) atoms. The number of hydrogen-bond donors (Lipinski definition) is 2. The van der Waals surface area contributed by atoms with Gasteiger partial charge in [0.25, 0.3) is 0 Å². The Hall–Kier alpha value is -2.64. The van der Waals surface area contributed by atoms with E-state index < -0.39 is 24.3 Å². The zero-order valence-electron chi connectivity index (χ0n) is 19.2. The Morgan fingerprint density at radius 1 is 0.944 bits per heavy atom. The van der Waals surface area contributed by atoms with Gasteiger partial charge in [-0.25, -0.2) is 9.59 Å². The van der Waals surface area contributed by atoms with Gasteiger partial charge in [-0.3, -0.25) is 4.90 Å². The SMILES string of the molecule is CN1CCC2(c3ccccc3)CCN(Cc3cccs3)CC12.O=C(O)C(F)(F)F.O=C(O)C(F)(F)F. The minimum atomic E-state index is -5.08. The predicted molar refractivity (Wildman–Crippen MR) is 121 cm³/mol. The van der Waals surface area contributed by atoms with E-state index in [0.29, 0.717) is 11.5 Å². The number of thiophene rings is 1. The normalized spacial score (nSPS) is 22.5. The van der Waals surface area contributed by atoms with Crippen molar-refractivity contribution in [3.63, 3.8) is 0 Å². The number of rotatable bonds is 3. The molecule has 1 aromatic carbocycles. The van der Waals surface area contributed by atoms with Gasteiger partial charge in [0.1, 0.15) is 0 Å². The fourth-order valence-electron chi connectivity index (χ4n) is 4.44. The lowest BCUT2D eigenvalue weighted by atomic mass is 9.69. The number of halogens is 6. The van der Waals surface area contributed by atoms with Crippen molar-refractivity contribution in [2.24, 2.45) is 0 Å². The smallest absolute Gasteiger partial charge is 0.475 e. The first-order chi connectivity index (χ1) is 16.7. The van der Waals surface area contributed by atoms with Gasteiger partial charge >= 0.3 is 24.3 Å². The molecule has 0 aliphatic carbocycles. The van der Waals surface area contributed by atoms with Crippen molar-refractivity contribution in [3.05, 3.63) is 58.3 Å². The fourth-order valence-corrected chi connectivity index (χ4v) is 5.18. The highest BCUT2D eigenvalue weighted by atomic mass is 32.1. The zero-order chi connectivity index (χ0) is 27.1. The Balaban J connectivity index is 0.000000271. The predicted octanol–water partition coefficient (Wildman–Crippen LogP) is 4.86. The third-order valence-corrected chi connectivity index (χ3v) is 7.04. The number of likely N-dealkylation sites (N-methyl/N-ethyl adjacent to an activating group) is 1. The van der Waals surface area contributed by atoms with Crippen LogP contribution in [0, 0.1) is 0 Å². The summed E-state index contributed by atoms with van der Waals surface area (Å²) >= 11 is 1.88. The third-order valence-electron chi connectivity index (χ3n) is 6.18. The van der Waals surface area contributed by atoms with Crippen LogP contribution in [0.1, 0.15) is 23.3 Å². The number of aliphatic carboxylic acids is 2. The molecule has 2 unspecified atom stereocenters. The number of carboxylic acids is 2. The number of carboxylic acid groups (broad SMARTS) is 2. The highest BCUT2D eigenvalue weighted by Crippen LogP contribution is 2.45. The summed E-state index contributed by atoms with van der Waals surface area (Å²) in [6, 6.07) is 16.3. The summed E-state index contributed by atoms with van der Waals surface area (Å²) in [4.78, 5) is 24.5. The summed E-state index contributed by atoms with van der Waals surface area (Å²) in [5.41, 5.74) is 1.93. The molecule has 0 amide bonds. The monoisotopic (exact) mass is 540 g/mol. The number of nitrogens with zero attached hydrogens (tertiary/aromatic N) is 2. The van der Waals surface area contributed by atoms with E-state index in [2.05, 4.69) is 64.7 Å². The maximum absolute atomic E-state index is 10.6. The number of hydrogen-bond acceptors (Lipinski definition) is 5. The number of likely N-dealkylation sites (tertiary alicyclic amines) is 2. The summed E-state index contributed by atoms with van der Waals surface area (Å²) in [5.74, 6) is -5.51. The maximum atomic E-state index is 10.6. The van der Waals surface area contributed by atoms with Crippen LogP contribution >= 0.6 is 11.3 Å². The summed E-state index contributed by atoms with van der Waals surface area (Å²) in [7, 11) is 2.31. The molecule has 2 N–H and O–H groups in total.